The molecule has 3 aromatic carbocycles. The number of carboxylic acid groups (broad SMARTS) is 1. The Labute approximate surface area is 250 Å². The van der Waals surface area contributed by atoms with Gasteiger partial charge in [-0.25, -0.2) is 28.2 Å². The highest BCUT2D eigenvalue weighted by Gasteiger charge is 2.36. The van der Waals surface area contributed by atoms with Crippen LogP contribution >= 0.6 is 15.6 Å². The Balaban J connectivity index is 1.05. The second-order valence-corrected chi connectivity index (χ2v) is 12.4. The molecule has 1 aromatic heterocycles. The van der Waals surface area contributed by atoms with Crippen molar-refractivity contribution < 1.29 is 56.4 Å². The van der Waals surface area contributed by atoms with Crippen molar-refractivity contribution in [2.75, 3.05) is 26.6 Å². The van der Waals surface area contributed by atoms with Gasteiger partial charge in [0.15, 0.2) is 11.4 Å². The lowest BCUT2D eigenvalue weighted by Crippen LogP contribution is -2.29. The quantitative estimate of drug-likeness (QED) is 0.0856. The summed E-state index contributed by atoms with van der Waals surface area (Å²) in [5.74, 6) is -1.86. The zero-order valence-electron chi connectivity index (χ0n) is 22.8. The van der Waals surface area contributed by atoms with Crippen molar-refractivity contribution in [1.29, 1.82) is 0 Å². The van der Waals surface area contributed by atoms with Crippen LogP contribution in [0.15, 0.2) is 78.9 Å². The lowest BCUT2D eigenvalue weighted by Gasteiger charge is -2.17. The van der Waals surface area contributed by atoms with Gasteiger partial charge in [-0.2, -0.15) is 4.31 Å². The molecule has 4 N–H and O–H groups in total. The third-order valence-electron chi connectivity index (χ3n) is 6.50. The van der Waals surface area contributed by atoms with Gasteiger partial charge in [0.2, 0.25) is 6.79 Å². The molecule has 0 saturated heterocycles. The Hall–Kier alpha value is -4.13. The molecule has 2 atom stereocenters. The van der Waals surface area contributed by atoms with Crippen molar-refractivity contribution in [3.05, 3.63) is 95.7 Å². The Kier molecular flexibility index (Phi) is 9.42. The Bertz CT molecular complexity index is 1750. The Morgan fingerprint density at radius 1 is 0.864 bits per heavy atom. The number of ether oxygens (including phenoxy) is 2. The predicted octanol–water partition coefficient (Wildman–Crippen LogP) is 5.06. The van der Waals surface area contributed by atoms with Crippen LogP contribution in [-0.2, 0) is 27.2 Å². The summed E-state index contributed by atoms with van der Waals surface area (Å²) in [5.41, 5.74) is 4.08. The Morgan fingerprint density at radius 3 is 2.16 bits per heavy atom. The number of para-hydroxylation sites is 1. The zero-order valence-corrected chi connectivity index (χ0v) is 24.6. The maximum atomic E-state index is 12.2. The second-order valence-electron chi connectivity index (χ2n) is 9.33. The maximum absolute atomic E-state index is 12.2. The number of carbonyl (C=O) groups is 2. The molecule has 0 spiro atoms. The number of amides is 1. The van der Waals surface area contributed by atoms with Gasteiger partial charge < -0.3 is 29.7 Å². The van der Waals surface area contributed by atoms with Crippen molar-refractivity contribution in [2.24, 2.45) is 0 Å². The number of pyridine rings is 1. The van der Waals surface area contributed by atoms with E-state index in [9.17, 15) is 33.6 Å². The molecule has 1 heterocycles. The van der Waals surface area contributed by atoms with E-state index in [0.29, 0.717) is 10.9 Å². The van der Waals surface area contributed by atoms with Crippen molar-refractivity contribution in [3.63, 3.8) is 0 Å². The molecule has 1 aliphatic rings. The number of phosphoric ester groups is 2. The average Bonchev–Trinajstić information content (AvgIpc) is 3.30. The number of phosphoric acid groups is 2. The number of aromatic carboxylic acids is 1. The maximum Gasteiger partial charge on any atom is 0.484 e. The van der Waals surface area contributed by atoms with Gasteiger partial charge in [0.1, 0.15) is 6.61 Å². The first-order valence-electron chi connectivity index (χ1n) is 13.0. The van der Waals surface area contributed by atoms with E-state index in [1.165, 1.54) is 6.07 Å². The average molecular weight is 644 g/mol. The SMILES string of the molecule is O=C(NCCOP(=O)(O)OP(=O)(O)OCOc1cc2ccccc2nc1C(=O)O)OCC1c2ccccc2-c2ccccc21. The van der Waals surface area contributed by atoms with Gasteiger partial charge in [-0.1, -0.05) is 66.7 Å². The number of carbonyl (C=O) groups excluding carboxylic acids is 1. The van der Waals surface area contributed by atoms with E-state index in [1.54, 1.807) is 24.3 Å². The number of alkyl carbamates (subject to hydrolysis) is 1. The number of benzene rings is 3. The van der Waals surface area contributed by atoms with Gasteiger partial charge in [0.05, 0.1) is 12.1 Å². The number of carboxylic acids is 1. The van der Waals surface area contributed by atoms with Crippen LogP contribution in [0.4, 0.5) is 4.79 Å². The first-order chi connectivity index (χ1) is 21.0. The van der Waals surface area contributed by atoms with E-state index >= 15 is 0 Å². The predicted molar refractivity (Wildman–Crippen MR) is 155 cm³/mol. The van der Waals surface area contributed by atoms with Crippen LogP contribution < -0.4 is 10.1 Å². The molecule has 1 amide bonds. The summed E-state index contributed by atoms with van der Waals surface area (Å²) in [6.07, 6.45) is -0.804. The van der Waals surface area contributed by atoms with Crippen molar-refractivity contribution in [1.82, 2.24) is 10.3 Å². The van der Waals surface area contributed by atoms with Crippen molar-refractivity contribution in [2.45, 2.75) is 5.92 Å². The summed E-state index contributed by atoms with van der Waals surface area (Å²) in [4.78, 5) is 47.4. The van der Waals surface area contributed by atoms with Gasteiger partial charge in [-0.15, -0.1) is 0 Å². The van der Waals surface area contributed by atoms with E-state index in [-0.39, 0.29) is 24.8 Å². The molecule has 0 radical (unpaired) electrons. The lowest BCUT2D eigenvalue weighted by molar-refractivity contribution is 0.0654. The summed E-state index contributed by atoms with van der Waals surface area (Å²) in [6, 6.07) is 23.5. The fourth-order valence-electron chi connectivity index (χ4n) is 4.66. The van der Waals surface area contributed by atoms with Gasteiger partial charge in [-0.05, 0) is 34.4 Å². The minimum atomic E-state index is -5.23. The molecule has 14 nitrogen and oxygen atoms in total. The monoisotopic (exact) mass is 644 g/mol. The molecule has 0 fully saturated rings. The zero-order chi connectivity index (χ0) is 31.3. The third kappa shape index (κ3) is 7.50. The first-order valence-corrected chi connectivity index (χ1v) is 16.0. The molecular weight excluding hydrogens is 618 g/mol. The van der Waals surface area contributed by atoms with Gasteiger partial charge >= 0.3 is 27.7 Å². The molecule has 0 bridgehead atoms. The normalized spacial score (nSPS) is 15.0. The van der Waals surface area contributed by atoms with E-state index in [2.05, 4.69) is 23.7 Å². The third-order valence-corrected chi connectivity index (χ3v) is 9.09. The molecule has 230 valence electrons. The van der Waals surface area contributed by atoms with E-state index < -0.39 is 46.8 Å². The number of hydrogen-bond acceptors (Lipinski definition) is 10. The van der Waals surface area contributed by atoms with E-state index in [4.69, 9.17) is 9.47 Å². The van der Waals surface area contributed by atoms with Crippen LogP contribution in [0.5, 0.6) is 5.75 Å². The fourth-order valence-corrected chi connectivity index (χ4v) is 6.59. The highest BCUT2D eigenvalue weighted by molar-refractivity contribution is 7.61. The number of aromatic nitrogens is 1. The summed E-state index contributed by atoms with van der Waals surface area (Å²) in [6.45, 7) is -1.85. The molecule has 16 heteroatoms. The minimum absolute atomic E-state index is 0.0542. The molecule has 2 unspecified atom stereocenters. The van der Waals surface area contributed by atoms with E-state index in [0.717, 1.165) is 22.3 Å². The standard InChI is InChI=1S/C28H26N2O12P2/c31-27(32)26-25(15-18-7-1-6-12-24(18)30-26)39-17-41-44(36,37)42-43(34,35)40-14-13-29-28(33)38-16-23-21-10-4-2-8-19(21)20-9-3-5-11-22(20)23/h1-12,15,23H,13-14,16-17H2,(H,29,33)(H,31,32)(H,34,35)(H,36,37). The van der Waals surface area contributed by atoms with Gasteiger partial charge in [0.25, 0.3) is 0 Å². The topological polar surface area (TPSA) is 200 Å². The number of hydrogen-bond donors (Lipinski definition) is 4. The van der Waals surface area contributed by atoms with Crippen molar-refractivity contribution in [3.8, 4) is 16.9 Å². The number of nitrogens with one attached hydrogen (secondary N) is 1. The highest BCUT2D eigenvalue weighted by Crippen LogP contribution is 2.60. The molecular formula is C28H26N2O12P2. The highest BCUT2D eigenvalue weighted by atomic mass is 31.3. The lowest BCUT2D eigenvalue weighted by atomic mass is 9.98. The molecule has 0 saturated carbocycles. The molecule has 0 aliphatic heterocycles. The minimum Gasteiger partial charge on any atom is -0.476 e. The van der Waals surface area contributed by atoms with Gasteiger partial charge in [-0.3, -0.25) is 4.52 Å². The fraction of sp³-hybridized carbons (Fsp3) is 0.179. The van der Waals surface area contributed by atoms with Crippen LogP contribution in [0, 0.1) is 0 Å². The number of fused-ring (bicyclic) bond motifs is 4. The second kappa shape index (κ2) is 13.2. The van der Waals surface area contributed by atoms with Crippen LogP contribution in [0.3, 0.4) is 0 Å². The van der Waals surface area contributed by atoms with E-state index in [1.807, 2.05) is 48.5 Å². The molecule has 4 aromatic rings. The van der Waals surface area contributed by atoms with Crippen LogP contribution in [0.2, 0.25) is 0 Å². The first kappa shape index (κ1) is 31.3. The molecule has 1 aliphatic carbocycles. The van der Waals surface area contributed by atoms with Crippen LogP contribution in [0.1, 0.15) is 27.5 Å². The largest absolute Gasteiger partial charge is 0.484 e. The van der Waals surface area contributed by atoms with Crippen LogP contribution in [0.25, 0.3) is 22.0 Å². The summed E-state index contributed by atoms with van der Waals surface area (Å²) >= 11 is 0. The number of rotatable bonds is 13. The van der Waals surface area contributed by atoms with Crippen LogP contribution in [-0.4, -0.2) is 58.5 Å². The van der Waals surface area contributed by atoms with Crippen molar-refractivity contribution >= 4 is 38.6 Å². The smallest absolute Gasteiger partial charge is 0.476 e. The van der Waals surface area contributed by atoms with Gasteiger partial charge in [0, 0.05) is 17.8 Å². The summed E-state index contributed by atoms with van der Waals surface area (Å²) in [5, 5.41) is 12.3. The summed E-state index contributed by atoms with van der Waals surface area (Å²) in [7, 11) is -10.4. The Morgan fingerprint density at radius 2 is 1.48 bits per heavy atom. The molecule has 44 heavy (non-hydrogen) atoms. The molecule has 5 rings (SSSR count). The number of nitrogens with zero attached hydrogens (tertiary/aromatic N) is 1. The summed E-state index contributed by atoms with van der Waals surface area (Å²) < 4.78 is 48.2.